The number of benzene rings is 3. The third kappa shape index (κ3) is 6.85. The van der Waals surface area contributed by atoms with E-state index >= 15 is 0 Å². The van der Waals surface area contributed by atoms with Crippen LogP contribution in [0.15, 0.2) is 78.2 Å². The van der Waals surface area contributed by atoms with Crippen LogP contribution in [0.2, 0.25) is 0 Å². The average molecular weight is 541 g/mol. The number of nitrogens with one attached hydrogen (secondary N) is 1. The summed E-state index contributed by atoms with van der Waals surface area (Å²) < 4.78 is 47.6. The summed E-state index contributed by atoms with van der Waals surface area (Å²) in [6, 6.07) is 18.4. The topological polar surface area (TPSA) is 76.8 Å². The van der Waals surface area contributed by atoms with Crippen molar-refractivity contribution in [3.8, 4) is 28.6 Å². The smallest absolute Gasteiger partial charge is 0.497 e. The van der Waals surface area contributed by atoms with Crippen LogP contribution in [0.3, 0.4) is 0 Å². The molecule has 8 nitrogen and oxygen atoms in total. The molecule has 12 heteroatoms. The Balaban J connectivity index is 1.37. The highest BCUT2D eigenvalue weighted by atomic mass is 32.1. The summed E-state index contributed by atoms with van der Waals surface area (Å²) in [6.45, 7) is 1.96. The van der Waals surface area contributed by atoms with Crippen LogP contribution in [-0.4, -0.2) is 51.6 Å². The minimum atomic E-state index is -4.74. The molecule has 0 atom stereocenters. The van der Waals surface area contributed by atoms with Crippen molar-refractivity contribution in [3.63, 3.8) is 0 Å². The van der Waals surface area contributed by atoms with E-state index in [0.717, 1.165) is 28.1 Å². The maximum atomic E-state index is 12.4. The van der Waals surface area contributed by atoms with Gasteiger partial charge in [0, 0.05) is 18.3 Å². The molecule has 0 aliphatic carbocycles. The maximum absolute atomic E-state index is 12.4. The molecule has 4 aromatic rings. The monoisotopic (exact) mass is 540 g/mol. The summed E-state index contributed by atoms with van der Waals surface area (Å²) >= 11 is 5.45. The van der Waals surface area contributed by atoms with Gasteiger partial charge in [-0.05, 0) is 72.7 Å². The number of thiocarbonyl (C=S) groups is 1. The van der Waals surface area contributed by atoms with E-state index in [1.54, 1.807) is 25.4 Å². The number of hydrogen-bond donors (Lipinski definition) is 1. The lowest BCUT2D eigenvalue weighted by Gasteiger charge is -2.17. The van der Waals surface area contributed by atoms with Crippen LogP contribution in [-0.2, 0) is 0 Å². The Morgan fingerprint density at radius 3 is 2.37 bits per heavy atom. The summed E-state index contributed by atoms with van der Waals surface area (Å²) in [5, 5.41) is 14.0. The van der Waals surface area contributed by atoms with Crippen LogP contribution in [0.5, 0.6) is 11.5 Å². The molecule has 4 rings (SSSR count). The zero-order chi connectivity index (χ0) is 27.3. The van der Waals surface area contributed by atoms with Gasteiger partial charge in [0.05, 0.1) is 19.0 Å². The van der Waals surface area contributed by atoms with Gasteiger partial charge in [-0.25, -0.2) is 14.7 Å². The number of rotatable bonds is 7. The highest BCUT2D eigenvalue weighted by Gasteiger charge is 2.31. The fourth-order valence-corrected chi connectivity index (χ4v) is 3.50. The van der Waals surface area contributed by atoms with Crippen molar-refractivity contribution in [2.45, 2.75) is 13.3 Å². The van der Waals surface area contributed by atoms with Gasteiger partial charge in [-0.1, -0.05) is 24.3 Å². The number of nitrogens with zero attached hydrogens (tertiary/aromatic N) is 5. The minimum absolute atomic E-state index is 0.308. The Morgan fingerprint density at radius 1 is 1.05 bits per heavy atom. The molecule has 0 fully saturated rings. The van der Waals surface area contributed by atoms with Gasteiger partial charge < -0.3 is 14.8 Å². The van der Waals surface area contributed by atoms with Gasteiger partial charge in [0.15, 0.2) is 10.9 Å². The Morgan fingerprint density at radius 2 is 1.74 bits per heavy atom. The second-order valence-electron chi connectivity index (χ2n) is 8.06. The van der Waals surface area contributed by atoms with Gasteiger partial charge in [-0.3, -0.25) is 0 Å². The molecule has 196 valence electrons. The van der Waals surface area contributed by atoms with Crippen molar-refractivity contribution < 1.29 is 22.6 Å². The largest absolute Gasteiger partial charge is 0.573 e. The van der Waals surface area contributed by atoms with Gasteiger partial charge in [0.1, 0.15) is 17.8 Å². The highest BCUT2D eigenvalue weighted by molar-refractivity contribution is 7.80. The molecule has 0 spiro atoms. The standard InChI is InChI=1S/C26H23F3N6O2S/c1-17-14-22(36-3)12-13-23(17)32-25(38)34(2)31-15-18-4-6-19(7-5-18)24-30-16-35(33-24)20-8-10-21(11-9-20)37-26(27,28)29/h4-16H,1-3H3,(H,32,38)/b31-15+. The van der Waals surface area contributed by atoms with E-state index in [4.69, 9.17) is 17.0 Å². The molecule has 0 saturated heterocycles. The normalized spacial score (nSPS) is 11.4. The molecule has 1 heterocycles. The van der Waals surface area contributed by atoms with Gasteiger partial charge in [-0.15, -0.1) is 18.3 Å². The quantitative estimate of drug-likeness (QED) is 0.180. The summed E-state index contributed by atoms with van der Waals surface area (Å²) in [4.78, 5) is 4.30. The van der Waals surface area contributed by atoms with Crippen LogP contribution < -0.4 is 14.8 Å². The molecule has 0 saturated carbocycles. The lowest BCUT2D eigenvalue weighted by molar-refractivity contribution is -0.274. The van der Waals surface area contributed by atoms with Crippen molar-refractivity contribution in [3.05, 3.63) is 84.2 Å². The fraction of sp³-hybridized carbons (Fsp3) is 0.154. The minimum Gasteiger partial charge on any atom is -0.497 e. The van der Waals surface area contributed by atoms with E-state index in [-0.39, 0.29) is 5.75 Å². The van der Waals surface area contributed by atoms with Crippen molar-refractivity contribution in [1.29, 1.82) is 0 Å². The van der Waals surface area contributed by atoms with E-state index in [9.17, 15) is 13.2 Å². The average Bonchev–Trinajstić information content (AvgIpc) is 3.38. The molecule has 0 amide bonds. The third-order valence-electron chi connectivity index (χ3n) is 5.34. The number of aryl methyl sites for hydroxylation is 1. The molecule has 0 aliphatic heterocycles. The predicted molar refractivity (Wildman–Crippen MR) is 143 cm³/mol. The van der Waals surface area contributed by atoms with Crippen LogP contribution in [0.1, 0.15) is 11.1 Å². The van der Waals surface area contributed by atoms with Crippen molar-refractivity contribution in [1.82, 2.24) is 19.8 Å². The maximum Gasteiger partial charge on any atom is 0.573 e. The van der Waals surface area contributed by atoms with E-state index < -0.39 is 6.36 Å². The number of halogens is 3. The van der Waals surface area contributed by atoms with E-state index in [2.05, 4.69) is 25.2 Å². The first-order valence-electron chi connectivity index (χ1n) is 11.2. The molecule has 0 unspecified atom stereocenters. The van der Waals surface area contributed by atoms with Crippen molar-refractivity contribution >= 4 is 29.2 Å². The molecule has 0 bridgehead atoms. The molecule has 38 heavy (non-hydrogen) atoms. The molecular formula is C26H23F3N6O2S. The number of methoxy groups -OCH3 is 1. The van der Waals surface area contributed by atoms with Crippen molar-refractivity contribution in [2.24, 2.45) is 5.10 Å². The summed E-state index contributed by atoms with van der Waals surface area (Å²) in [5.74, 6) is 0.919. The second kappa shape index (κ2) is 11.3. The Kier molecular flexibility index (Phi) is 7.91. The molecule has 3 aromatic carbocycles. The number of anilines is 1. The molecule has 0 aliphatic rings. The van der Waals surface area contributed by atoms with Gasteiger partial charge in [0.25, 0.3) is 0 Å². The highest BCUT2D eigenvalue weighted by Crippen LogP contribution is 2.24. The molecular weight excluding hydrogens is 517 g/mol. The number of ether oxygens (including phenoxy) is 2. The lowest BCUT2D eigenvalue weighted by Crippen LogP contribution is -2.27. The Hall–Kier alpha value is -4.45. The third-order valence-corrected chi connectivity index (χ3v) is 5.71. The van der Waals surface area contributed by atoms with Crippen LogP contribution in [0, 0.1) is 6.92 Å². The first kappa shape index (κ1) is 26.6. The van der Waals surface area contributed by atoms with E-state index in [1.165, 1.54) is 35.3 Å². The Labute approximate surface area is 222 Å². The molecule has 0 radical (unpaired) electrons. The summed E-state index contributed by atoms with van der Waals surface area (Å²) in [5.41, 5.74) is 3.99. The fourth-order valence-electron chi connectivity index (χ4n) is 3.34. The molecule has 1 N–H and O–H groups in total. The number of alkyl halides is 3. The molecule has 1 aromatic heterocycles. The Bertz CT molecular complexity index is 1440. The second-order valence-corrected chi connectivity index (χ2v) is 8.44. The van der Waals surface area contributed by atoms with Crippen LogP contribution >= 0.6 is 12.2 Å². The lowest BCUT2D eigenvalue weighted by atomic mass is 10.1. The van der Waals surface area contributed by atoms with E-state index in [0.29, 0.717) is 16.6 Å². The van der Waals surface area contributed by atoms with Crippen LogP contribution in [0.25, 0.3) is 17.1 Å². The van der Waals surface area contributed by atoms with Crippen LogP contribution in [0.4, 0.5) is 18.9 Å². The zero-order valence-corrected chi connectivity index (χ0v) is 21.4. The first-order chi connectivity index (χ1) is 18.1. The van der Waals surface area contributed by atoms with Crippen molar-refractivity contribution in [2.75, 3.05) is 19.5 Å². The predicted octanol–water partition coefficient (Wildman–Crippen LogP) is 5.81. The van der Waals surface area contributed by atoms with Gasteiger partial charge >= 0.3 is 6.36 Å². The van der Waals surface area contributed by atoms with Gasteiger partial charge in [-0.2, -0.15) is 5.10 Å². The SMILES string of the molecule is COc1ccc(NC(=S)N(C)/N=C/c2ccc(-c3ncn(-c4ccc(OC(F)(F)F)cc4)n3)cc2)c(C)c1. The summed E-state index contributed by atoms with van der Waals surface area (Å²) in [6.07, 6.45) is -1.58. The van der Waals surface area contributed by atoms with Gasteiger partial charge in [0.2, 0.25) is 0 Å². The zero-order valence-electron chi connectivity index (χ0n) is 20.6. The summed E-state index contributed by atoms with van der Waals surface area (Å²) in [7, 11) is 3.37. The number of aromatic nitrogens is 3. The number of hydrazone groups is 1. The first-order valence-corrected chi connectivity index (χ1v) is 11.6. The van der Waals surface area contributed by atoms with E-state index in [1.807, 2.05) is 49.4 Å². The number of hydrogen-bond acceptors (Lipinski definition) is 6.